The minimum absolute atomic E-state index is 0.111. The van der Waals surface area contributed by atoms with Gasteiger partial charge in [0.05, 0.1) is 6.26 Å². The molecule has 1 aromatic heterocycles. The van der Waals surface area contributed by atoms with E-state index in [1.54, 1.807) is 12.3 Å². The van der Waals surface area contributed by atoms with Crippen molar-refractivity contribution < 1.29 is 8.81 Å². The van der Waals surface area contributed by atoms with Crippen LogP contribution in [0.2, 0.25) is 0 Å². The molecule has 0 N–H and O–H groups in total. The molecule has 0 atom stereocenters. The van der Waals surface area contributed by atoms with Gasteiger partial charge in [0.2, 0.25) is 0 Å². The third-order valence-electron chi connectivity index (χ3n) is 2.72. The fourth-order valence-electron chi connectivity index (χ4n) is 1.88. The van der Waals surface area contributed by atoms with E-state index in [2.05, 4.69) is 6.92 Å². The second kappa shape index (κ2) is 4.47. The highest BCUT2D eigenvalue weighted by Gasteiger charge is 2.08. The van der Waals surface area contributed by atoms with Gasteiger partial charge in [0.15, 0.2) is 0 Å². The summed E-state index contributed by atoms with van der Waals surface area (Å²) in [5, 5.41) is 0.922. The highest BCUT2D eigenvalue weighted by atomic mass is 19.1. The van der Waals surface area contributed by atoms with Crippen molar-refractivity contribution in [3.05, 3.63) is 35.8 Å². The van der Waals surface area contributed by atoms with Crippen LogP contribution in [0.4, 0.5) is 4.39 Å². The summed E-state index contributed by atoms with van der Waals surface area (Å²) in [5.41, 5.74) is 1.58. The van der Waals surface area contributed by atoms with Gasteiger partial charge in [-0.25, -0.2) is 4.39 Å². The number of hydrogen-bond donors (Lipinski definition) is 0. The first-order valence-corrected chi connectivity index (χ1v) is 5.47. The normalized spacial score (nSPS) is 11.1. The van der Waals surface area contributed by atoms with Crippen LogP contribution in [0.15, 0.2) is 28.9 Å². The monoisotopic (exact) mass is 206 g/mol. The van der Waals surface area contributed by atoms with Crippen molar-refractivity contribution in [1.29, 1.82) is 0 Å². The van der Waals surface area contributed by atoms with Crippen LogP contribution < -0.4 is 0 Å². The molecule has 2 heteroatoms. The van der Waals surface area contributed by atoms with Crippen LogP contribution in [0.5, 0.6) is 0 Å². The van der Waals surface area contributed by atoms with Crippen molar-refractivity contribution >= 4 is 11.0 Å². The molecule has 0 aliphatic carbocycles. The molecule has 15 heavy (non-hydrogen) atoms. The molecule has 1 nitrogen and oxygen atoms in total. The van der Waals surface area contributed by atoms with Crippen molar-refractivity contribution in [3.8, 4) is 0 Å². The molecule has 0 fully saturated rings. The Morgan fingerprint density at radius 3 is 2.87 bits per heavy atom. The lowest BCUT2D eigenvalue weighted by Gasteiger charge is -2.03. The molecule has 0 bridgehead atoms. The van der Waals surface area contributed by atoms with E-state index < -0.39 is 0 Å². The fraction of sp³-hybridized carbons (Fsp3) is 0.385. The molecule has 0 saturated heterocycles. The number of fused-ring (bicyclic) bond motifs is 1. The third kappa shape index (κ3) is 2.04. The molecule has 2 rings (SSSR count). The average molecular weight is 206 g/mol. The first-order valence-electron chi connectivity index (χ1n) is 5.47. The topological polar surface area (TPSA) is 13.1 Å². The zero-order valence-electron chi connectivity index (χ0n) is 8.92. The lowest BCUT2D eigenvalue weighted by molar-refractivity contribution is 0.595. The van der Waals surface area contributed by atoms with E-state index in [9.17, 15) is 4.39 Å². The largest absolute Gasteiger partial charge is 0.464 e. The van der Waals surface area contributed by atoms with Crippen molar-refractivity contribution in [1.82, 2.24) is 0 Å². The smallest absolute Gasteiger partial charge is 0.134 e. The number of rotatable bonds is 4. The molecule has 80 valence electrons. The van der Waals surface area contributed by atoms with Crippen LogP contribution in [0.1, 0.15) is 31.7 Å². The molecule has 1 aromatic carbocycles. The first-order chi connectivity index (χ1) is 7.33. The Morgan fingerprint density at radius 2 is 2.07 bits per heavy atom. The van der Waals surface area contributed by atoms with E-state index in [-0.39, 0.29) is 5.82 Å². The van der Waals surface area contributed by atoms with E-state index in [1.165, 1.54) is 6.07 Å². The van der Waals surface area contributed by atoms with Gasteiger partial charge >= 0.3 is 0 Å². The second-order valence-corrected chi connectivity index (χ2v) is 3.82. The minimum Gasteiger partial charge on any atom is -0.464 e. The third-order valence-corrected chi connectivity index (χ3v) is 2.72. The van der Waals surface area contributed by atoms with Crippen LogP contribution in [-0.2, 0) is 6.42 Å². The summed E-state index contributed by atoms with van der Waals surface area (Å²) >= 11 is 0. The molecule has 0 spiro atoms. The molecule has 2 aromatic rings. The van der Waals surface area contributed by atoms with Crippen LogP contribution in [0.3, 0.4) is 0 Å². The number of furan rings is 1. The van der Waals surface area contributed by atoms with Crippen LogP contribution in [0.25, 0.3) is 11.0 Å². The van der Waals surface area contributed by atoms with Gasteiger partial charge in [-0.1, -0.05) is 19.8 Å². The van der Waals surface area contributed by atoms with E-state index in [4.69, 9.17) is 4.42 Å². The number of halogens is 1. The molecule has 0 aliphatic rings. The first kappa shape index (κ1) is 10.2. The highest BCUT2D eigenvalue weighted by molar-refractivity contribution is 5.81. The van der Waals surface area contributed by atoms with Gasteiger partial charge in [0, 0.05) is 5.39 Å². The van der Waals surface area contributed by atoms with E-state index in [0.29, 0.717) is 0 Å². The Hall–Kier alpha value is -1.31. The molecule has 0 amide bonds. The molecule has 0 aliphatic heterocycles. The lowest BCUT2D eigenvalue weighted by Crippen LogP contribution is -1.91. The minimum atomic E-state index is -0.111. The maximum absolute atomic E-state index is 13.6. The van der Waals surface area contributed by atoms with Crippen molar-refractivity contribution in [3.63, 3.8) is 0 Å². The Bertz CT molecular complexity index is 445. The summed E-state index contributed by atoms with van der Waals surface area (Å²) in [5.74, 6) is -0.111. The number of aryl methyl sites for hydroxylation is 1. The summed E-state index contributed by atoms with van der Waals surface area (Å²) in [4.78, 5) is 0. The molecular formula is C13H15FO. The standard InChI is InChI=1S/C13H15FO/c1-2-3-4-5-10-11-8-9-15-13(11)7-6-12(10)14/h6-9H,2-5H2,1H3. The summed E-state index contributed by atoms with van der Waals surface area (Å²) in [6.07, 6.45) is 5.76. The molecule has 0 saturated carbocycles. The van der Waals surface area contributed by atoms with Gasteiger partial charge in [0.1, 0.15) is 11.4 Å². The molecule has 0 unspecified atom stereocenters. The van der Waals surface area contributed by atoms with Crippen molar-refractivity contribution in [2.45, 2.75) is 32.6 Å². The van der Waals surface area contributed by atoms with Gasteiger partial charge in [-0.2, -0.15) is 0 Å². The van der Waals surface area contributed by atoms with Gasteiger partial charge in [-0.15, -0.1) is 0 Å². The Labute approximate surface area is 88.9 Å². The number of unbranched alkanes of at least 4 members (excludes halogenated alkanes) is 2. The van der Waals surface area contributed by atoms with Crippen molar-refractivity contribution in [2.75, 3.05) is 0 Å². The average Bonchev–Trinajstić information content (AvgIpc) is 2.69. The summed E-state index contributed by atoms with van der Waals surface area (Å²) in [7, 11) is 0. The van der Waals surface area contributed by atoms with Gasteiger partial charge in [-0.05, 0) is 36.6 Å². The number of hydrogen-bond acceptors (Lipinski definition) is 1. The van der Waals surface area contributed by atoms with Gasteiger partial charge in [0.25, 0.3) is 0 Å². The SMILES string of the molecule is CCCCCc1c(F)ccc2occc12. The zero-order valence-corrected chi connectivity index (χ0v) is 8.92. The lowest BCUT2D eigenvalue weighted by atomic mass is 10.0. The Kier molecular flexibility index (Phi) is 3.05. The van der Waals surface area contributed by atoms with Gasteiger partial charge in [-0.3, -0.25) is 0 Å². The van der Waals surface area contributed by atoms with Crippen LogP contribution in [0, 0.1) is 5.82 Å². The Morgan fingerprint density at radius 1 is 1.20 bits per heavy atom. The second-order valence-electron chi connectivity index (χ2n) is 3.82. The maximum Gasteiger partial charge on any atom is 0.134 e. The maximum atomic E-state index is 13.6. The molecule has 1 heterocycles. The van der Waals surface area contributed by atoms with Crippen LogP contribution >= 0.6 is 0 Å². The molecule has 0 radical (unpaired) electrons. The fourth-order valence-corrected chi connectivity index (χ4v) is 1.88. The number of benzene rings is 1. The van der Waals surface area contributed by atoms with E-state index >= 15 is 0 Å². The quantitative estimate of drug-likeness (QED) is 0.679. The zero-order chi connectivity index (χ0) is 10.7. The van der Waals surface area contributed by atoms with E-state index in [1.807, 2.05) is 6.07 Å². The van der Waals surface area contributed by atoms with Gasteiger partial charge < -0.3 is 4.42 Å². The van der Waals surface area contributed by atoms with E-state index in [0.717, 1.165) is 42.2 Å². The molecular weight excluding hydrogens is 191 g/mol. The summed E-state index contributed by atoms with van der Waals surface area (Å²) in [6.45, 7) is 2.15. The Balaban J connectivity index is 2.30. The van der Waals surface area contributed by atoms with Crippen LogP contribution in [-0.4, -0.2) is 0 Å². The predicted molar refractivity (Wildman–Crippen MR) is 59.4 cm³/mol. The summed E-state index contributed by atoms with van der Waals surface area (Å²) < 4.78 is 18.8. The predicted octanol–water partition coefficient (Wildman–Crippen LogP) is 4.30. The summed E-state index contributed by atoms with van der Waals surface area (Å²) in [6, 6.07) is 5.03. The van der Waals surface area contributed by atoms with Crippen molar-refractivity contribution in [2.24, 2.45) is 0 Å². The highest BCUT2D eigenvalue weighted by Crippen LogP contribution is 2.24.